The van der Waals surface area contributed by atoms with Crippen molar-refractivity contribution in [2.75, 3.05) is 6.54 Å². The van der Waals surface area contributed by atoms with Gasteiger partial charge in [0.2, 0.25) is 0 Å². The lowest BCUT2D eigenvalue weighted by Gasteiger charge is -2.23. The van der Waals surface area contributed by atoms with Crippen LogP contribution >= 0.6 is 0 Å². The zero-order chi connectivity index (χ0) is 13.8. The first-order valence-electron chi connectivity index (χ1n) is 6.94. The third-order valence-corrected chi connectivity index (χ3v) is 3.89. The molecule has 2 aromatic rings. The Morgan fingerprint density at radius 2 is 1.74 bits per heavy atom. The van der Waals surface area contributed by atoms with Crippen LogP contribution in [0.25, 0.3) is 10.8 Å². The fourth-order valence-electron chi connectivity index (χ4n) is 2.67. The van der Waals surface area contributed by atoms with Crippen LogP contribution in [0.3, 0.4) is 0 Å². The van der Waals surface area contributed by atoms with Crippen LogP contribution in [0, 0.1) is 11.8 Å². The maximum atomic E-state index is 14.5. The molecule has 2 unspecified atom stereocenters. The molecule has 0 radical (unpaired) electrons. The van der Waals surface area contributed by atoms with Crippen LogP contribution in [0.1, 0.15) is 19.4 Å². The lowest BCUT2D eigenvalue weighted by molar-refractivity contribution is 0.186. The third-order valence-electron chi connectivity index (χ3n) is 3.89. The SMILES string of the molecule is CC(C)C(CN)C(F)Cc1cccc2ccccc12. The van der Waals surface area contributed by atoms with Gasteiger partial charge in [-0.1, -0.05) is 56.3 Å². The molecule has 0 bridgehead atoms. The number of alkyl halides is 1. The molecule has 2 atom stereocenters. The second-order valence-electron chi connectivity index (χ2n) is 5.50. The molecule has 2 rings (SSSR count). The summed E-state index contributed by atoms with van der Waals surface area (Å²) in [5, 5.41) is 2.31. The molecule has 19 heavy (non-hydrogen) atoms. The number of hydrogen-bond acceptors (Lipinski definition) is 1. The molecule has 0 aliphatic rings. The maximum Gasteiger partial charge on any atom is 0.108 e. The van der Waals surface area contributed by atoms with E-state index < -0.39 is 6.17 Å². The molecule has 0 saturated carbocycles. The number of hydrogen-bond donors (Lipinski definition) is 1. The van der Waals surface area contributed by atoms with Crippen molar-refractivity contribution >= 4 is 10.8 Å². The van der Waals surface area contributed by atoms with Gasteiger partial charge in [-0.25, -0.2) is 4.39 Å². The van der Waals surface area contributed by atoms with Gasteiger partial charge < -0.3 is 5.73 Å². The van der Waals surface area contributed by atoms with Crippen LogP contribution in [0.2, 0.25) is 0 Å². The Kier molecular flexibility index (Phi) is 4.54. The number of nitrogens with two attached hydrogens (primary N) is 1. The monoisotopic (exact) mass is 259 g/mol. The number of fused-ring (bicyclic) bond motifs is 1. The van der Waals surface area contributed by atoms with E-state index in [-0.39, 0.29) is 11.8 Å². The van der Waals surface area contributed by atoms with Crippen molar-refractivity contribution in [2.45, 2.75) is 26.4 Å². The first-order valence-corrected chi connectivity index (χ1v) is 6.94. The smallest absolute Gasteiger partial charge is 0.108 e. The summed E-state index contributed by atoms with van der Waals surface area (Å²) in [4.78, 5) is 0. The van der Waals surface area contributed by atoms with Crippen molar-refractivity contribution in [1.29, 1.82) is 0 Å². The second kappa shape index (κ2) is 6.16. The Balaban J connectivity index is 2.26. The first-order chi connectivity index (χ1) is 9.13. The average Bonchev–Trinajstić information content (AvgIpc) is 2.39. The molecular formula is C17H22FN. The van der Waals surface area contributed by atoms with Crippen LogP contribution in [0.4, 0.5) is 4.39 Å². The first kappa shape index (κ1) is 14.0. The highest BCUT2D eigenvalue weighted by atomic mass is 19.1. The summed E-state index contributed by atoms with van der Waals surface area (Å²) >= 11 is 0. The number of benzene rings is 2. The van der Waals surface area contributed by atoms with E-state index in [9.17, 15) is 4.39 Å². The molecule has 0 saturated heterocycles. The maximum absolute atomic E-state index is 14.5. The molecule has 0 amide bonds. The highest BCUT2D eigenvalue weighted by Gasteiger charge is 2.23. The Bertz CT molecular complexity index is 530. The molecule has 2 aromatic carbocycles. The summed E-state index contributed by atoms with van der Waals surface area (Å²) < 4.78 is 14.5. The topological polar surface area (TPSA) is 26.0 Å². The summed E-state index contributed by atoms with van der Waals surface area (Å²) in [5.41, 5.74) is 6.77. The van der Waals surface area contributed by atoms with E-state index in [1.807, 2.05) is 38.1 Å². The summed E-state index contributed by atoms with van der Waals surface area (Å²) in [5.74, 6) is 0.203. The average molecular weight is 259 g/mol. The molecule has 0 aliphatic carbocycles. The molecule has 0 heterocycles. The van der Waals surface area contributed by atoms with E-state index in [4.69, 9.17) is 5.73 Å². The largest absolute Gasteiger partial charge is 0.330 e. The predicted molar refractivity (Wildman–Crippen MR) is 79.9 cm³/mol. The van der Waals surface area contributed by atoms with E-state index in [1.54, 1.807) is 0 Å². The summed E-state index contributed by atoms with van der Waals surface area (Å²) in [6.45, 7) is 4.48. The Morgan fingerprint density at radius 3 is 2.42 bits per heavy atom. The molecular weight excluding hydrogens is 237 g/mol. The van der Waals surface area contributed by atoms with Gasteiger partial charge in [0, 0.05) is 12.3 Å². The molecule has 0 aromatic heterocycles. The normalized spacial score (nSPS) is 14.8. The van der Waals surface area contributed by atoms with Crippen LogP contribution < -0.4 is 5.73 Å². The Morgan fingerprint density at radius 1 is 1.05 bits per heavy atom. The van der Waals surface area contributed by atoms with Crippen LogP contribution in [-0.4, -0.2) is 12.7 Å². The summed E-state index contributed by atoms with van der Waals surface area (Å²) in [7, 11) is 0. The van der Waals surface area contributed by atoms with Crippen LogP contribution in [-0.2, 0) is 6.42 Å². The van der Waals surface area contributed by atoms with E-state index in [0.29, 0.717) is 13.0 Å². The van der Waals surface area contributed by atoms with Crippen molar-refractivity contribution in [3.63, 3.8) is 0 Å². The van der Waals surface area contributed by atoms with Crippen LogP contribution in [0.15, 0.2) is 42.5 Å². The number of halogens is 1. The van der Waals surface area contributed by atoms with Crippen molar-refractivity contribution in [1.82, 2.24) is 0 Å². The second-order valence-corrected chi connectivity index (χ2v) is 5.50. The molecule has 2 heteroatoms. The quantitative estimate of drug-likeness (QED) is 0.864. The third kappa shape index (κ3) is 3.13. The Labute approximate surface area is 114 Å². The standard InChI is InChI=1S/C17H22FN/c1-12(2)16(11-19)17(18)10-14-8-5-7-13-6-3-4-9-15(13)14/h3-9,12,16-17H,10-11,19H2,1-2H3. The van der Waals surface area contributed by atoms with Crippen molar-refractivity contribution in [2.24, 2.45) is 17.6 Å². The molecule has 102 valence electrons. The lowest BCUT2D eigenvalue weighted by Crippen LogP contribution is -2.30. The minimum atomic E-state index is -0.879. The van der Waals surface area contributed by atoms with Gasteiger partial charge in [-0.3, -0.25) is 0 Å². The lowest BCUT2D eigenvalue weighted by atomic mass is 9.87. The van der Waals surface area contributed by atoms with Crippen molar-refractivity contribution < 1.29 is 4.39 Å². The highest BCUT2D eigenvalue weighted by molar-refractivity contribution is 5.85. The zero-order valence-electron chi connectivity index (χ0n) is 11.6. The minimum Gasteiger partial charge on any atom is -0.330 e. The molecule has 0 aliphatic heterocycles. The molecule has 2 N–H and O–H groups in total. The van der Waals surface area contributed by atoms with Gasteiger partial charge in [0.1, 0.15) is 6.17 Å². The van der Waals surface area contributed by atoms with E-state index >= 15 is 0 Å². The van der Waals surface area contributed by atoms with Gasteiger partial charge in [-0.15, -0.1) is 0 Å². The van der Waals surface area contributed by atoms with Gasteiger partial charge >= 0.3 is 0 Å². The number of rotatable bonds is 5. The van der Waals surface area contributed by atoms with E-state index in [0.717, 1.165) is 10.9 Å². The van der Waals surface area contributed by atoms with Gasteiger partial charge in [0.05, 0.1) is 0 Å². The van der Waals surface area contributed by atoms with Crippen LogP contribution in [0.5, 0.6) is 0 Å². The van der Waals surface area contributed by atoms with Crippen molar-refractivity contribution in [3.05, 3.63) is 48.0 Å². The predicted octanol–water partition coefficient (Wildman–Crippen LogP) is 3.95. The van der Waals surface area contributed by atoms with E-state index in [2.05, 4.69) is 18.2 Å². The minimum absolute atomic E-state index is 0.0704. The van der Waals surface area contributed by atoms with Gasteiger partial charge in [0.15, 0.2) is 0 Å². The zero-order valence-corrected chi connectivity index (χ0v) is 11.6. The van der Waals surface area contributed by atoms with E-state index in [1.165, 1.54) is 5.39 Å². The molecule has 0 spiro atoms. The fraction of sp³-hybridized carbons (Fsp3) is 0.412. The summed E-state index contributed by atoms with van der Waals surface area (Å²) in [6, 6.07) is 14.2. The Hall–Kier alpha value is -1.41. The van der Waals surface area contributed by atoms with Gasteiger partial charge in [0.25, 0.3) is 0 Å². The van der Waals surface area contributed by atoms with Crippen molar-refractivity contribution in [3.8, 4) is 0 Å². The fourth-order valence-corrected chi connectivity index (χ4v) is 2.67. The molecule has 1 nitrogen and oxygen atoms in total. The van der Waals surface area contributed by atoms with Gasteiger partial charge in [-0.05, 0) is 28.8 Å². The van der Waals surface area contributed by atoms with Gasteiger partial charge in [-0.2, -0.15) is 0 Å². The summed E-state index contributed by atoms with van der Waals surface area (Å²) in [6.07, 6.45) is -0.433. The highest BCUT2D eigenvalue weighted by Crippen LogP contribution is 2.25. The molecule has 0 fully saturated rings.